The number of aliphatic imine (C=N–C) groups is 1. The Morgan fingerprint density at radius 3 is 2.50 bits per heavy atom. The molecular weight excluding hydrogens is 386 g/mol. The second-order valence-corrected chi connectivity index (χ2v) is 10.9. The molecule has 7 heteroatoms. The molecule has 168 valence electrons. The van der Waals surface area contributed by atoms with Crippen LogP contribution >= 0.6 is 0 Å². The van der Waals surface area contributed by atoms with Crippen molar-refractivity contribution in [3.8, 4) is 0 Å². The van der Waals surface area contributed by atoms with Crippen molar-refractivity contribution in [3.05, 3.63) is 0 Å². The molecular formula is C23H35NO6. The van der Waals surface area contributed by atoms with Gasteiger partial charge in [0.05, 0.1) is 31.0 Å². The maximum absolute atomic E-state index is 12.4. The highest BCUT2D eigenvalue weighted by atomic mass is 16.5. The molecule has 1 heterocycles. The standard InChI is InChI=1S/C23H35NO6/c1-27-11-20-6-5-16(29-3)23-13-7-12-14(28-2)8-21(25,17(13)18(12)30-4)22(26,9-15(20)23)19(23)24-10-20/h10,12-19,25-26H,5-9,11H2,1-4H3/t12-,13?,14+,15?,16+,17?,18+,19?,20+,21-,22+,23-/m1/s1. The van der Waals surface area contributed by atoms with Crippen LogP contribution in [-0.4, -0.2) is 87.0 Å². The highest BCUT2D eigenvalue weighted by Crippen LogP contribution is 2.79. The van der Waals surface area contributed by atoms with Gasteiger partial charge in [0.25, 0.3) is 0 Å². The molecule has 6 rings (SSSR count). The lowest BCUT2D eigenvalue weighted by Crippen LogP contribution is -2.76. The molecule has 0 aromatic carbocycles. The molecule has 0 aromatic heterocycles. The monoisotopic (exact) mass is 421 g/mol. The van der Waals surface area contributed by atoms with Crippen molar-refractivity contribution < 1.29 is 29.2 Å². The average Bonchev–Trinajstić information content (AvgIpc) is 3.14. The Morgan fingerprint density at radius 2 is 1.83 bits per heavy atom. The average molecular weight is 422 g/mol. The van der Waals surface area contributed by atoms with Gasteiger partial charge in [0, 0.05) is 63.7 Å². The molecule has 7 nitrogen and oxygen atoms in total. The molecule has 5 fully saturated rings. The van der Waals surface area contributed by atoms with E-state index >= 15 is 0 Å². The molecule has 7 bridgehead atoms. The van der Waals surface area contributed by atoms with E-state index in [1.807, 2.05) is 0 Å². The first-order valence-corrected chi connectivity index (χ1v) is 11.4. The van der Waals surface area contributed by atoms with Crippen LogP contribution in [0.5, 0.6) is 0 Å². The summed E-state index contributed by atoms with van der Waals surface area (Å²) in [6, 6.07) is -0.358. The van der Waals surface area contributed by atoms with Crippen LogP contribution in [0.3, 0.4) is 0 Å². The minimum Gasteiger partial charge on any atom is -0.386 e. The highest BCUT2D eigenvalue weighted by Gasteiger charge is 2.87. The molecule has 30 heavy (non-hydrogen) atoms. The number of ether oxygens (including phenoxy) is 4. The third-order valence-corrected chi connectivity index (χ3v) is 10.6. The minimum atomic E-state index is -1.31. The number of nitrogens with zero attached hydrogens (tertiary/aromatic N) is 1. The second-order valence-electron chi connectivity index (χ2n) is 10.9. The normalized spacial score (nSPS) is 62.1. The topological polar surface area (TPSA) is 89.7 Å². The van der Waals surface area contributed by atoms with Crippen LogP contribution in [0.1, 0.15) is 32.1 Å². The molecule has 1 spiro atoms. The maximum atomic E-state index is 12.4. The molecule has 6 aliphatic rings. The van der Waals surface area contributed by atoms with Crippen molar-refractivity contribution in [1.29, 1.82) is 0 Å². The van der Waals surface area contributed by atoms with Crippen LogP contribution in [0.25, 0.3) is 0 Å². The molecule has 5 saturated carbocycles. The van der Waals surface area contributed by atoms with Gasteiger partial charge in [-0.1, -0.05) is 0 Å². The number of fused-ring (bicyclic) bond motifs is 2. The fraction of sp³-hybridized carbons (Fsp3) is 0.957. The summed E-state index contributed by atoms with van der Waals surface area (Å²) in [6.45, 7) is 0.593. The third-order valence-electron chi connectivity index (χ3n) is 10.6. The molecule has 12 atom stereocenters. The minimum absolute atomic E-state index is 0.0105. The van der Waals surface area contributed by atoms with Gasteiger partial charge in [0.15, 0.2) is 0 Å². The Kier molecular flexibility index (Phi) is 4.05. The van der Waals surface area contributed by atoms with E-state index in [9.17, 15) is 10.2 Å². The number of hydrogen-bond acceptors (Lipinski definition) is 7. The van der Waals surface area contributed by atoms with Crippen molar-refractivity contribution in [3.63, 3.8) is 0 Å². The largest absolute Gasteiger partial charge is 0.386 e. The first-order valence-electron chi connectivity index (χ1n) is 11.4. The predicted molar refractivity (Wildman–Crippen MR) is 108 cm³/mol. The summed E-state index contributed by atoms with van der Waals surface area (Å²) in [7, 11) is 6.99. The van der Waals surface area contributed by atoms with Gasteiger partial charge in [-0.05, 0) is 37.5 Å². The zero-order chi connectivity index (χ0) is 21.1. The third kappa shape index (κ3) is 1.83. The Hall–Kier alpha value is -0.570. The molecule has 1 aliphatic heterocycles. The summed E-state index contributed by atoms with van der Waals surface area (Å²) in [5, 5.41) is 24.7. The van der Waals surface area contributed by atoms with Gasteiger partial charge in [-0.15, -0.1) is 0 Å². The summed E-state index contributed by atoms with van der Waals surface area (Å²) in [5.74, 6) is 0.436. The summed E-state index contributed by atoms with van der Waals surface area (Å²) in [4.78, 5) is 5.06. The highest BCUT2D eigenvalue weighted by molar-refractivity contribution is 5.71. The summed E-state index contributed by atoms with van der Waals surface area (Å²) in [5.41, 5.74) is -3.10. The van der Waals surface area contributed by atoms with Crippen LogP contribution in [0.4, 0.5) is 0 Å². The molecule has 4 unspecified atom stereocenters. The van der Waals surface area contributed by atoms with Gasteiger partial charge in [0.2, 0.25) is 0 Å². The van der Waals surface area contributed by atoms with Crippen LogP contribution in [-0.2, 0) is 18.9 Å². The first kappa shape index (κ1) is 20.1. The zero-order valence-electron chi connectivity index (χ0n) is 18.4. The predicted octanol–water partition coefficient (Wildman–Crippen LogP) is 1.05. The van der Waals surface area contributed by atoms with Gasteiger partial charge in [-0.2, -0.15) is 0 Å². The molecule has 5 aliphatic carbocycles. The Bertz CT molecular complexity index is 777. The fourth-order valence-corrected chi connectivity index (χ4v) is 9.86. The quantitative estimate of drug-likeness (QED) is 0.690. The maximum Gasteiger partial charge on any atom is 0.117 e. The first-order chi connectivity index (χ1) is 14.4. The zero-order valence-corrected chi connectivity index (χ0v) is 18.4. The van der Waals surface area contributed by atoms with Gasteiger partial charge in [-0.3, -0.25) is 4.99 Å². The van der Waals surface area contributed by atoms with Crippen LogP contribution in [0, 0.1) is 34.5 Å². The molecule has 2 N–H and O–H groups in total. The van der Waals surface area contributed by atoms with Gasteiger partial charge in [-0.25, -0.2) is 0 Å². The number of aliphatic hydroxyl groups is 2. The van der Waals surface area contributed by atoms with Crippen molar-refractivity contribution in [2.45, 2.75) is 67.7 Å². The van der Waals surface area contributed by atoms with Gasteiger partial charge in [0.1, 0.15) is 11.2 Å². The van der Waals surface area contributed by atoms with E-state index in [1.165, 1.54) is 0 Å². The Labute approximate surface area is 178 Å². The van der Waals surface area contributed by atoms with Crippen molar-refractivity contribution in [1.82, 2.24) is 0 Å². The van der Waals surface area contributed by atoms with Gasteiger partial charge < -0.3 is 29.2 Å². The number of hydrogen-bond donors (Lipinski definition) is 2. The SMILES string of the molecule is COC[C@]12C=NC3[C@@]4(C5C[C@@H]6[C@@H](OC)C[C@@](O)(C5[C@H]6OC)[C@]3(O)CC14)[C@@H](OC)CC2. The lowest BCUT2D eigenvalue weighted by Gasteiger charge is -2.65. The lowest BCUT2D eigenvalue weighted by molar-refractivity contribution is -0.283. The van der Waals surface area contributed by atoms with Crippen LogP contribution in [0.15, 0.2) is 4.99 Å². The van der Waals surface area contributed by atoms with E-state index in [0.717, 1.165) is 19.3 Å². The Balaban J connectivity index is 1.61. The smallest absolute Gasteiger partial charge is 0.117 e. The van der Waals surface area contributed by atoms with Gasteiger partial charge >= 0.3 is 0 Å². The van der Waals surface area contributed by atoms with E-state index in [4.69, 9.17) is 23.9 Å². The number of methoxy groups -OCH3 is 4. The van der Waals surface area contributed by atoms with E-state index in [-0.39, 0.29) is 58.9 Å². The molecule has 0 amide bonds. The summed E-state index contributed by atoms with van der Waals surface area (Å²) >= 11 is 0. The number of rotatable bonds is 5. The van der Waals surface area contributed by atoms with Crippen molar-refractivity contribution in [2.24, 2.45) is 39.5 Å². The van der Waals surface area contributed by atoms with E-state index in [0.29, 0.717) is 19.4 Å². The molecule has 0 saturated heterocycles. The van der Waals surface area contributed by atoms with Crippen molar-refractivity contribution >= 4 is 6.21 Å². The second kappa shape index (κ2) is 6.06. The lowest BCUT2D eigenvalue weighted by atomic mass is 9.44. The van der Waals surface area contributed by atoms with E-state index < -0.39 is 11.2 Å². The van der Waals surface area contributed by atoms with E-state index in [2.05, 4.69) is 6.21 Å². The molecule has 0 aromatic rings. The summed E-state index contributed by atoms with van der Waals surface area (Å²) in [6.07, 6.45) is 5.58. The van der Waals surface area contributed by atoms with Crippen molar-refractivity contribution in [2.75, 3.05) is 35.0 Å². The van der Waals surface area contributed by atoms with E-state index in [1.54, 1.807) is 28.4 Å². The Morgan fingerprint density at radius 1 is 1.03 bits per heavy atom. The fourth-order valence-electron chi connectivity index (χ4n) is 9.86. The van der Waals surface area contributed by atoms with Crippen LogP contribution in [0.2, 0.25) is 0 Å². The summed E-state index contributed by atoms with van der Waals surface area (Å²) < 4.78 is 23.8. The van der Waals surface area contributed by atoms with Crippen LogP contribution < -0.4 is 0 Å². The molecule has 0 radical (unpaired) electrons.